The summed E-state index contributed by atoms with van der Waals surface area (Å²) < 4.78 is 13.4. The molecule has 3 rings (SSSR count). The third-order valence-corrected chi connectivity index (χ3v) is 4.81. The van der Waals surface area contributed by atoms with E-state index in [1.54, 1.807) is 6.07 Å². The van der Waals surface area contributed by atoms with E-state index in [4.69, 9.17) is 11.6 Å². The summed E-state index contributed by atoms with van der Waals surface area (Å²) in [5.41, 5.74) is 2.09. The predicted octanol–water partition coefficient (Wildman–Crippen LogP) is 4.02. The highest BCUT2D eigenvalue weighted by Crippen LogP contribution is 2.22. The smallest absolute Gasteiger partial charge is 0.141 e. The third-order valence-electron chi connectivity index (χ3n) is 4.52. The van der Waals surface area contributed by atoms with Crippen molar-refractivity contribution in [3.05, 3.63) is 64.7 Å². The lowest BCUT2D eigenvalue weighted by atomic mass is 10.1. The fourth-order valence-corrected chi connectivity index (χ4v) is 3.46. The molecular weight excluding hydrogens is 325 g/mol. The van der Waals surface area contributed by atoms with Crippen LogP contribution in [0.25, 0.3) is 0 Å². The largest absolute Gasteiger partial charge is 0.317 e. The van der Waals surface area contributed by atoms with Gasteiger partial charge in [0.2, 0.25) is 0 Å². The molecule has 1 saturated heterocycles. The Morgan fingerprint density at radius 1 is 1.17 bits per heavy atom. The van der Waals surface area contributed by atoms with Gasteiger partial charge in [-0.3, -0.25) is 9.88 Å². The Morgan fingerprint density at radius 2 is 2.08 bits per heavy atom. The van der Waals surface area contributed by atoms with Gasteiger partial charge in [-0.05, 0) is 62.2 Å². The van der Waals surface area contributed by atoms with Crippen LogP contribution in [0, 0.1) is 5.82 Å². The molecule has 3 nitrogen and oxygen atoms in total. The molecule has 1 N–H and O–H groups in total. The first-order valence-electron chi connectivity index (χ1n) is 8.51. The van der Waals surface area contributed by atoms with Gasteiger partial charge >= 0.3 is 0 Å². The van der Waals surface area contributed by atoms with Crippen LogP contribution in [-0.2, 0) is 13.1 Å². The number of hydrogen-bond acceptors (Lipinski definition) is 3. The molecule has 0 amide bonds. The van der Waals surface area contributed by atoms with Crippen LogP contribution >= 0.6 is 11.6 Å². The van der Waals surface area contributed by atoms with Crippen molar-refractivity contribution < 1.29 is 4.39 Å². The van der Waals surface area contributed by atoms with E-state index < -0.39 is 0 Å². The van der Waals surface area contributed by atoms with Gasteiger partial charge in [0.25, 0.3) is 0 Å². The van der Waals surface area contributed by atoms with Gasteiger partial charge in [0.05, 0.1) is 10.7 Å². The molecule has 1 aromatic heterocycles. The first-order chi connectivity index (χ1) is 11.7. The van der Waals surface area contributed by atoms with Crippen LogP contribution in [0.4, 0.5) is 4.39 Å². The van der Waals surface area contributed by atoms with E-state index in [0.717, 1.165) is 50.3 Å². The second kappa shape index (κ2) is 8.56. The highest BCUT2D eigenvalue weighted by Gasteiger charge is 2.21. The van der Waals surface area contributed by atoms with Crippen LogP contribution in [0.3, 0.4) is 0 Å². The number of nitrogens with one attached hydrogen (secondary N) is 1. The van der Waals surface area contributed by atoms with Crippen molar-refractivity contribution in [1.82, 2.24) is 15.2 Å². The summed E-state index contributed by atoms with van der Waals surface area (Å²) in [5.74, 6) is -0.365. The molecule has 0 aliphatic carbocycles. The van der Waals surface area contributed by atoms with E-state index in [1.807, 2.05) is 24.4 Å². The number of pyridine rings is 1. The lowest BCUT2D eigenvalue weighted by Gasteiger charge is -2.31. The number of hydrogen-bond donors (Lipinski definition) is 1. The molecule has 2 aromatic rings. The van der Waals surface area contributed by atoms with Gasteiger partial charge < -0.3 is 5.32 Å². The van der Waals surface area contributed by atoms with E-state index in [0.29, 0.717) is 6.04 Å². The van der Waals surface area contributed by atoms with Crippen molar-refractivity contribution in [3.63, 3.8) is 0 Å². The van der Waals surface area contributed by atoms with Crippen LogP contribution in [0.5, 0.6) is 0 Å². The molecule has 5 heteroatoms. The number of aromatic nitrogens is 1. The molecule has 0 bridgehead atoms. The fourth-order valence-electron chi connectivity index (χ4n) is 3.25. The standard InChI is InChI=1S/C19H23ClFN3/c20-18-12-15(6-7-19(18)21)13-24(14-16-4-1-2-10-23-16)17-5-3-9-22-11-8-17/h1-2,4,6-7,10,12,17,22H,3,5,8-9,11,13-14H2. The van der Waals surface area contributed by atoms with E-state index >= 15 is 0 Å². The van der Waals surface area contributed by atoms with Gasteiger partial charge in [0.15, 0.2) is 0 Å². The summed E-state index contributed by atoms with van der Waals surface area (Å²) in [4.78, 5) is 6.91. The molecule has 2 heterocycles. The molecule has 0 radical (unpaired) electrons. The molecule has 1 fully saturated rings. The monoisotopic (exact) mass is 347 g/mol. The van der Waals surface area contributed by atoms with Gasteiger partial charge in [0, 0.05) is 25.3 Å². The van der Waals surface area contributed by atoms with E-state index in [1.165, 1.54) is 12.5 Å². The minimum absolute atomic E-state index is 0.188. The zero-order valence-electron chi connectivity index (χ0n) is 13.7. The number of halogens is 2. The van der Waals surface area contributed by atoms with Gasteiger partial charge in [0.1, 0.15) is 5.82 Å². The Labute approximate surface area is 147 Å². The van der Waals surface area contributed by atoms with E-state index in [9.17, 15) is 4.39 Å². The van der Waals surface area contributed by atoms with Crippen LogP contribution in [-0.4, -0.2) is 29.0 Å². The van der Waals surface area contributed by atoms with Crippen molar-refractivity contribution in [3.8, 4) is 0 Å². The first kappa shape index (κ1) is 17.3. The van der Waals surface area contributed by atoms with Crippen molar-refractivity contribution in [2.75, 3.05) is 13.1 Å². The maximum Gasteiger partial charge on any atom is 0.141 e. The molecule has 0 saturated carbocycles. The zero-order chi connectivity index (χ0) is 16.8. The molecule has 128 valence electrons. The van der Waals surface area contributed by atoms with Crippen LogP contribution in [0.15, 0.2) is 42.6 Å². The normalized spacial score (nSPS) is 18.5. The number of rotatable bonds is 5. The molecule has 1 aromatic carbocycles. The average Bonchev–Trinajstić information content (AvgIpc) is 2.88. The fraction of sp³-hybridized carbons (Fsp3) is 0.421. The zero-order valence-corrected chi connectivity index (χ0v) is 14.5. The van der Waals surface area contributed by atoms with Gasteiger partial charge in [-0.15, -0.1) is 0 Å². The summed E-state index contributed by atoms with van der Waals surface area (Å²) in [6.07, 6.45) is 5.28. The molecular formula is C19H23ClFN3. The summed E-state index contributed by atoms with van der Waals surface area (Å²) >= 11 is 5.95. The molecule has 1 aliphatic heterocycles. The van der Waals surface area contributed by atoms with Crippen LogP contribution in [0.2, 0.25) is 5.02 Å². The average molecular weight is 348 g/mol. The Balaban J connectivity index is 1.78. The summed E-state index contributed by atoms with van der Waals surface area (Å²) in [6.45, 7) is 3.66. The maximum atomic E-state index is 13.4. The summed E-state index contributed by atoms with van der Waals surface area (Å²) in [7, 11) is 0. The lowest BCUT2D eigenvalue weighted by Crippen LogP contribution is -2.35. The molecule has 1 atom stereocenters. The topological polar surface area (TPSA) is 28.2 Å². The van der Waals surface area contributed by atoms with Gasteiger partial charge in [-0.1, -0.05) is 23.7 Å². The Kier molecular flexibility index (Phi) is 6.18. The number of nitrogens with zero attached hydrogens (tertiary/aromatic N) is 2. The Morgan fingerprint density at radius 3 is 2.88 bits per heavy atom. The molecule has 1 aliphatic rings. The van der Waals surface area contributed by atoms with Crippen molar-refractivity contribution in [2.24, 2.45) is 0 Å². The summed E-state index contributed by atoms with van der Waals surface area (Å²) in [5, 5.41) is 3.65. The Bertz CT molecular complexity index is 642. The van der Waals surface area contributed by atoms with Gasteiger partial charge in [-0.2, -0.15) is 0 Å². The van der Waals surface area contributed by atoms with E-state index in [2.05, 4.69) is 21.3 Å². The quantitative estimate of drug-likeness (QED) is 0.885. The predicted molar refractivity (Wildman–Crippen MR) is 95.4 cm³/mol. The summed E-state index contributed by atoms with van der Waals surface area (Å²) in [6, 6.07) is 11.5. The highest BCUT2D eigenvalue weighted by molar-refractivity contribution is 6.30. The van der Waals surface area contributed by atoms with Crippen molar-refractivity contribution in [1.29, 1.82) is 0 Å². The van der Waals surface area contributed by atoms with Crippen LogP contribution in [0.1, 0.15) is 30.5 Å². The third kappa shape index (κ3) is 4.76. The minimum Gasteiger partial charge on any atom is -0.317 e. The first-order valence-corrected chi connectivity index (χ1v) is 8.89. The second-order valence-corrected chi connectivity index (χ2v) is 6.72. The van der Waals surface area contributed by atoms with Crippen molar-refractivity contribution in [2.45, 2.75) is 38.4 Å². The number of benzene rings is 1. The lowest BCUT2D eigenvalue weighted by molar-refractivity contribution is 0.162. The van der Waals surface area contributed by atoms with Crippen molar-refractivity contribution >= 4 is 11.6 Å². The molecule has 1 unspecified atom stereocenters. The van der Waals surface area contributed by atoms with E-state index in [-0.39, 0.29) is 10.8 Å². The highest BCUT2D eigenvalue weighted by atomic mass is 35.5. The van der Waals surface area contributed by atoms with Gasteiger partial charge in [-0.25, -0.2) is 4.39 Å². The molecule has 0 spiro atoms. The van der Waals surface area contributed by atoms with Crippen LogP contribution < -0.4 is 5.32 Å². The maximum absolute atomic E-state index is 13.4. The minimum atomic E-state index is -0.365. The molecule has 24 heavy (non-hydrogen) atoms. The second-order valence-electron chi connectivity index (χ2n) is 6.31. The SMILES string of the molecule is Fc1ccc(CN(Cc2ccccn2)C2CCCNCC2)cc1Cl. The Hall–Kier alpha value is -1.49.